The lowest BCUT2D eigenvalue weighted by Crippen LogP contribution is -2.13. The van der Waals surface area contributed by atoms with Crippen molar-refractivity contribution in [3.05, 3.63) is 53.1 Å². The first-order chi connectivity index (χ1) is 10.4. The summed E-state index contributed by atoms with van der Waals surface area (Å²) in [5, 5.41) is 3.46. The summed E-state index contributed by atoms with van der Waals surface area (Å²) in [4.78, 5) is 0. The fourth-order valence-corrected chi connectivity index (χ4v) is 2.82. The predicted molar refractivity (Wildman–Crippen MR) is 86.0 cm³/mol. The maximum Gasteiger partial charge on any atom is 0.231 e. The SMILES string of the molecule is Cl.c1cc(CNCc2ccc3c(c2)CCO3)c2c(c1)OCO2. The molecule has 0 fully saturated rings. The van der Waals surface area contributed by atoms with Crippen molar-refractivity contribution in [1.82, 2.24) is 5.32 Å². The first kappa shape index (κ1) is 15.0. The normalized spacial score (nSPS) is 14.2. The summed E-state index contributed by atoms with van der Waals surface area (Å²) in [6.07, 6.45) is 1.01. The highest BCUT2D eigenvalue weighted by molar-refractivity contribution is 5.85. The van der Waals surface area contributed by atoms with Gasteiger partial charge in [0.15, 0.2) is 11.5 Å². The van der Waals surface area contributed by atoms with Gasteiger partial charge in [-0.3, -0.25) is 0 Å². The summed E-state index contributed by atoms with van der Waals surface area (Å²) in [5.41, 5.74) is 3.73. The Labute approximate surface area is 135 Å². The molecule has 0 spiro atoms. The van der Waals surface area contributed by atoms with Crippen LogP contribution < -0.4 is 19.5 Å². The molecule has 2 aromatic carbocycles. The van der Waals surface area contributed by atoms with Gasteiger partial charge >= 0.3 is 0 Å². The van der Waals surface area contributed by atoms with Crippen LogP contribution in [0, 0.1) is 0 Å². The molecule has 0 amide bonds. The molecule has 2 aliphatic rings. The summed E-state index contributed by atoms with van der Waals surface area (Å²) >= 11 is 0. The number of rotatable bonds is 4. The lowest BCUT2D eigenvalue weighted by molar-refractivity contribution is 0.173. The molecule has 4 rings (SSSR count). The Bertz CT molecular complexity index is 675. The summed E-state index contributed by atoms with van der Waals surface area (Å²) in [5.74, 6) is 2.74. The van der Waals surface area contributed by atoms with E-state index in [4.69, 9.17) is 14.2 Å². The predicted octanol–water partition coefficient (Wildman–Crippen LogP) is 3.06. The molecular weight excluding hydrogens is 302 g/mol. The molecule has 1 N–H and O–H groups in total. The van der Waals surface area contributed by atoms with Gasteiger partial charge in [-0.25, -0.2) is 0 Å². The number of benzene rings is 2. The summed E-state index contributed by atoms with van der Waals surface area (Å²) in [6, 6.07) is 12.4. The second-order valence-electron chi connectivity index (χ2n) is 5.30. The van der Waals surface area contributed by atoms with Gasteiger partial charge in [0.2, 0.25) is 6.79 Å². The first-order valence-electron chi connectivity index (χ1n) is 7.23. The van der Waals surface area contributed by atoms with E-state index < -0.39 is 0 Å². The standard InChI is InChI=1S/C17H17NO3.ClH/c1-2-14(17-16(3-1)20-11-21-17)10-18-9-12-4-5-15-13(8-12)6-7-19-15;/h1-5,8,18H,6-7,9-11H2;1H. The molecule has 2 heterocycles. The second-order valence-corrected chi connectivity index (χ2v) is 5.30. The number of hydrogen-bond donors (Lipinski definition) is 1. The van der Waals surface area contributed by atoms with E-state index in [-0.39, 0.29) is 12.4 Å². The first-order valence-corrected chi connectivity index (χ1v) is 7.23. The second kappa shape index (κ2) is 6.46. The van der Waals surface area contributed by atoms with Crippen molar-refractivity contribution < 1.29 is 14.2 Å². The van der Waals surface area contributed by atoms with Crippen molar-refractivity contribution in [2.75, 3.05) is 13.4 Å². The van der Waals surface area contributed by atoms with E-state index in [0.29, 0.717) is 6.79 Å². The molecule has 0 aromatic heterocycles. The van der Waals surface area contributed by atoms with E-state index >= 15 is 0 Å². The zero-order valence-corrected chi connectivity index (χ0v) is 12.9. The van der Waals surface area contributed by atoms with Crippen molar-refractivity contribution >= 4 is 12.4 Å². The molecule has 5 heteroatoms. The molecule has 0 radical (unpaired) electrons. The molecular formula is C17H18ClNO3. The third kappa shape index (κ3) is 2.85. The molecule has 2 aliphatic heterocycles. The van der Waals surface area contributed by atoms with Gasteiger partial charge in [0.25, 0.3) is 0 Å². The number of halogens is 1. The fraction of sp³-hybridized carbons (Fsp3) is 0.294. The molecule has 2 aromatic rings. The summed E-state index contributed by atoms with van der Waals surface area (Å²) < 4.78 is 16.4. The average Bonchev–Trinajstić information content (AvgIpc) is 3.15. The van der Waals surface area contributed by atoms with Gasteiger partial charge in [0.05, 0.1) is 6.61 Å². The van der Waals surface area contributed by atoms with E-state index in [1.807, 2.05) is 12.1 Å². The monoisotopic (exact) mass is 319 g/mol. The van der Waals surface area contributed by atoms with Crippen LogP contribution in [0.4, 0.5) is 0 Å². The van der Waals surface area contributed by atoms with Crippen LogP contribution >= 0.6 is 12.4 Å². The van der Waals surface area contributed by atoms with Crippen molar-refractivity contribution in [1.29, 1.82) is 0 Å². The topological polar surface area (TPSA) is 39.7 Å². The minimum absolute atomic E-state index is 0. The van der Waals surface area contributed by atoms with Crippen LogP contribution in [0.5, 0.6) is 17.2 Å². The van der Waals surface area contributed by atoms with Crippen LogP contribution in [0.2, 0.25) is 0 Å². The Morgan fingerprint density at radius 2 is 1.91 bits per heavy atom. The molecule has 22 heavy (non-hydrogen) atoms. The maximum absolute atomic E-state index is 5.53. The number of fused-ring (bicyclic) bond motifs is 2. The Morgan fingerprint density at radius 3 is 2.86 bits per heavy atom. The van der Waals surface area contributed by atoms with Crippen molar-refractivity contribution in [2.24, 2.45) is 0 Å². The number of para-hydroxylation sites is 1. The minimum atomic E-state index is 0. The summed E-state index contributed by atoms with van der Waals surface area (Å²) in [7, 11) is 0. The van der Waals surface area contributed by atoms with E-state index in [9.17, 15) is 0 Å². The van der Waals surface area contributed by atoms with Gasteiger partial charge in [-0.1, -0.05) is 24.3 Å². The highest BCUT2D eigenvalue weighted by Crippen LogP contribution is 2.35. The third-order valence-corrected chi connectivity index (χ3v) is 3.88. The van der Waals surface area contributed by atoms with Gasteiger partial charge in [-0.2, -0.15) is 0 Å². The molecule has 0 bridgehead atoms. The van der Waals surface area contributed by atoms with Crippen LogP contribution in [-0.4, -0.2) is 13.4 Å². The van der Waals surface area contributed by atoms with Gasteiger partial charge in [0.1, 0.15) is 5.75 Å². The largest absolute Gasteiger partial charge is 0.493 e. The van der Waals surface area contributed by atoms with Crippen LogP contribution in [-0.2, 0) is 19.5 Å². The smallest absolute Gasteiger partial charge is 0.231 e. The lowest BCUT2D eigenvalue weighted by atomic mass is 10.1. The fourth-order valence-electron chi connectivity index (χ4n) is 2.82. The number of nitrogens with one attached hydrogen (secondary N) is 1. The Morgan fingerprint density at radius 1 is 0.955 bits per heavy atom. The molecule has 0 atom stereocenters. The highest BCUT2D eigenvalue weighted by Gasteiger charge is 2.16. The van der Waals surface area contributed by atoms with E-state index in [2.05, 4.69) is 29.6 Å². The molecule has 116 valence electrons. The molecule has 0 aliphatic carbocycles. The summed E-state index contributed by atoms with van der Waals surface area (Å²) in [6.45, 7) is 2.72. The zero-order valence-electron chi connectivity index (χ0n) is 12.1. The van der Waals surface area contributed by atoms with Gasteiger partial charge in [0, 0.05) is 25.1 Å². The van der Waals surface area contributed by atoms with Crippen LogP contribution in [0.15, 0.2) is 36.4 Å². The minimum Gasteiger partial charge on any atom is -0.493 e. The van der Waals surface area contributed by atoms with Crippen molar-refractivity contribution in [3.63, 3.8) is 0 Å². The average molecular weight is 320 g/mol. The van der Waals surface area contributed by atoms with Crippen LogP contribution in [0.1, 0.15) is 16.7 Å². The van der Waals surface area contributed by atoms with Crippen LogP contribution in [0.25, 0.3) is 0 Å². The molecule has 0 saturated heterocycles. The Kier molecular flexibility index (Phi) is 4.41. The van der Waals surface area contributed by atoms with Crippen molar-refractivity contribution in [2.45, 2.75) is 19.5 Å². The van der Waals surface area contributed by atoms with Crippen LogP contribution in [0.3, 0.4) is 0 Å². The Balaban J connectivity index is 0.00000144. The van der Waals surface area contributed by atoms with Gasteiger partial charge < -0.3 is 19.5 Å². The van der Waals surface area contributed by atoms with E-state index in [1.54, 1.807) is 0 Å². The molecule has 0 saturated carbocycles. The maximum atomic E-state index is 5.53. The highest BCUT2D eigenvalue weighted by atomic mass is 35.5. The molecule has 0 unspecified atom stereocenters. The van der Waals surface area contributed by atoms with Gasteiger partial charge in [-0.05, 0) is 23.3 Å². The number of ether oxygens (including phenoxy) is 3. The quantitative estimate of drug-likeness (QED) is 0.940. The zero-order chi connectivity index (χ0) is 14.1. The Hall–Kier alpha value is -1.91. The number of hydrogen-bond acceptors (Lipinski definition) is 4. The van der Waals surface area contributed by atoms with Crippen molar-refractivity contribution in [3.8, 4) is 17.2 Å². The third-order valence-electron chi connectivity index (χ3n) is 3.88. The van der Waals surface area contributed by atoms with E-state index in [1.165, 1.54) is 11.1 Å². The van der Waals surface area contributed by atoms with E-state index in [0.717, 1.165) is 48.9 Å². The van der Waals surface area contributed by atoms with Gasteiger partial charge in [-0.15, -0.1) is 12.4 Å². The molecule has 4 nitrogen and oxygen atoms in total. The lowest BCUT2D eigenvalue weighted by Gasteiger charge is -2.08.